The molecule has 1 aromatic rings. The van der Waals surface area contributed by atoms with E-state index in [9.17, 15) is 30.7 Å². The Morgan fingerprint density at radius 2 is 1.50 bits per heavy atom. The molecule has 0 spiro atoms. The van der Waals surface area contributed by atoms with E-state index in [-0.39, 0.29) is 0 Å². The van der Waals surface area contributed by atoms with Gasteiger partial charge in [-0.05, 0) is 25.7 Å². The standard InChI is InChI=1S/C15H14F7N5O/c1-8(14(17,18)19)23-11-25-10(3-4-13(16)5-6-28-7-13)26-12(27-11)24-9(2)15(20,21)22/h5-6,8-9H,7H2,1-2H3,(H2,23,24,25,26,27)/t8-,9-,13?/m1/s1. The lowest BCUT2D eigenvalue weighted by Gasteiger charge is -2.19. The van der Waals surface area contributed by atoms with Crippen LogP contribution in [0.1, 0.15) is 19.7 Å². The summed E-state index contributed by atoms with van der Waals surface area (Å²) in [5.41, 5.74) is -2.17. The summed E-state index contributed by atoms with van der Waals surface area (Å²) in [4.78, 5) is 10.7. The Balaban J connectivity index is 2.35. The van der Waals surface area contributed by atoms with Crippen molar-refractivity contribution in [3.8, 4) is 11.8 Å². The van der Waals surface area contributed by atoms with Crippen molar-refractivity contribution in [2.24, 2.45) is 0 Å². The number of nitrogens with zero attached hydrogens (tertiary/aromatic N) is 3. The quantitative estimate of drug-likeness (QED) is 0.584. The first-order valence-corrected chi connectivity index (χ1v) is 7.72. The predicted molar refractivity (Wildman–Crippen MR) is 83.9 cm³/mol. The third-order valence-corrected chi connectivity index (χ3v) is 3.41. The fourth-order valence-corrected chi connectivity index (χ4v) is 1.72. The molecule has 0 fully saturated rings. The van der Waals surface area contributed by atoms with Gasteiger partial charge in [0.25, 0.3) is 0 Å². The van der Waals surface area contributed by atoms with E-state index in [1.165, 1.54) is 0 Å². The number of aromatic nitrogens is 3. The van der Waals surface area contributed by atoms with Gasteiger partial charge in [0.1, 0.15) is 18.7 Å². The van der Waals surface area contributed by atoms with Crippen LogP contribution in [-0.2, 0) is 4.74 Å². The predicted octanol–water partition coefficient (Wildman–Crippen LogP) is 3.20. The highest BCUT2D eigenvalue weighted by molar-refractivity contribution is 5.41. The molecular formula is C15H14F7N5O. The molecule has 0 amide bonds. The van der Waals surface area contributed by atoms with Gasteiger partial charge < -0.3 is 15.4 Å². The zero-order chi connectivity index (χ0) is 21.2. The third kappa shape index (κ3) is 5.86. The number of hydrogen-bond donors (Lipinski definition) is 2. The Morgan fingerprint density at radius 3 is 1.89 bits per heavy atom. The topological polar surface area (TPSA) is 72.0 Å². The minimum absolute atomic E-state index is 0.419. The monoisotopic (exact) mass is 413 g/mol. The minimum Gasteiger partial charge on any atom is -0.497 e. The summed E-state index contributed by atoms with van der Waals surface area (Å²) in [5, 5.41) is 3.81. The van der Waals surface area contributed by atoms with Crippen molar-refractivity contribution in [2.75, 3.05) is 17.2 Å². The van der Waals surface area contributed by atoms with Crippen molar-refractivity contribution in [2.45, 2.75) is 44.0 Å². The molecule has 28 heavy (non-hydrogen) atoms. The molecule has 0 aliphatic carbocycles. The van der Waals surface area contributed by atoms with Crippen molar-refractivity contribution < 1.29 is 35.5 Å². The maximum atomic E-state index is 14.1. The molecule has 1 aromatic heterocycles. The van der Waals surface area contributed by atoms with Gasteiger partial charge in [-0.3, -0.25) is 0 Å². The van der Waals surface area contributed by atoms with E-state index in [0.29, 0.717) is 0 Å². The van der Waals surface area contributed by atoms with E-state index in [1.54, 1.807) is 0 Å². The summed E-state index contributed by atoms with van der Waals surface area (Å²) in [6, 6.07) is -4.22. The van der Waals surface area contributed by atoms with Gasteiger partial charge >= 0.3 is 12.4 Å². The Morgan fingerprint density at radius 1 is 1.00 bits per heavy atom. The summed E-state index contributed by atoms with van der Waals surface area (Å²) in [5.74, 6) is 2.41. The van der Waals surface area contributed by atoms with Crippen LogP contribution in [0.4, 0.5) is 42.6 Å². The highest BCUT2D eigenvalue weighted by Crippen LogP contribution is 2.24. The van der Waals surface area contributed by atoms with E-state index >= 15 is 0 Å². The first-order chi connectivity index (χ1) is 12.8. The largest absolute Gasteiger partial charge is 0.497 e. The molecule has 1 unspecified atom stereocenters. The molecule has 2 N–H and O–H groups in total. The molecule has 1 aliphatic rings. The van der Waals surface area contributed by atoms with E-state index < -0.39 is 54.4 Å². The van der Waals surface area contributed by atoms with Gasteiger partial charge in [-0.2, -0.15) is 41.3 Å². The second-order valence-corrected chi connectivity index (χ2v) is 5.85. The van der Waals surface area contributed by atoms with Crippen LogP contribution in [0, 0.1) is 11.8 Å². The van der Waals surface area contributed by atoms with E-state index in [1.807, 2.05) is 10.6 Å². The zero-order valence-electron chi connectivity index (χ0n) is 14.4. The van der Waals surface area contributed by atoms with Crippen LogP contribution in [0.2, 0.25) is 0 Å². The molecule has 6 nitrogen and oxygen atoms in total. The van der Waals surface area contributed by atoms with Crippen molar-refractivity contribution >= 4 is 11.9 Å². The number of rotatable bonds is 4. The number of ether oxygens (including phenoxy) is 1. The Hall–Kier alpha value is -2.78. The number of nitrogens with one attached hydrogen (secondary N) is 2. The maximum absolute atomic E-state index is 14.1. The lowest BCUT2D eigenvalue weighted by atomic mass is 10.1. The maximum Gasteiger partial charge on any atom is 0.408 e. The van der Waals surface area contributed by atoms with Gasteiger partial charge in [0.05, 0.1) is 6.26 Å². The van der Waals surface area contributed by atoms with Crippen LogP contribution in [0.25, 0.3) is 0 Å². The zero-order valence-corrected chi connectivity index (χ0v) is 14.4. The molecule has 0 bridgehead atoms. The molecule has 13 heteroatoms. The van der Waals surface area contributed by atoms with E-state index in [0.717, 1.165) is 26.2 Å². The molecule has 154 valence electrons. The molecule has 0 saturated carbocycles. The van der Waals surface area contributed by atoms with Gasteiger partial charge in [-0.1, -0.05) is 0 Å². The highest BCUT2D eigenvalue weighted by Gasteiger charge is 2.38. The van der Waals surface area contributed by atoms with Crippen molar-refractivity contribution in [1.82, 2.24) is 15.0 Å². The smallest absolute Gasteiger partial charge is 0.408 e. The molecule has 2 heterocycles. The molecule has 1 aliphatic heterocycles. The molecule has 0 aromatic carbocycles. The minimum atomic E-state index is -4.67. The van der Waals surface area contributed by atoms with Gasteiger partial charge in [0, 0.05) is 6.08 Å². The Kier molecular flexibility index (Phi) is 5.91. The van der Waals surface area contributed by atoms with Crippen LogP contribution in [0.15, 0.2) is 12.3 Å². The summed E-state index contributed by atoms with van der Waals surface area (Å²) >= 11 is 0. The molecule has 0 radical (unpaired) electrons. The average Bonchev–Trinajstić information content (AvgIpc) is 2.98. The van der Waals surface area contributed by atoms with Gasteiger partial charge in [-0.15, -0.1) is 0 Å². The highest BCUT2D eigenvalue weighted by atomic mass is 19.4. The lowest BCUT2D eigenvalue weighted by Crippen LogP contribution is -2.35. The van der Waals surface area contributed by atoms with Gasteiger partial charge in [0.2, 0.25) is 23.4 Å². The fourth-order valence-electron chi connectivity index (χ4n) is 1.72. The Bertz CT molecular complexity index is 758. The van der Waals surface area contributed by atoms with Crippen molar-refractivity contribution in [1.29, 1.82) is 0 Å². The molecule has 2 rings (SSSR count). The van der Waals surface area contributed by atoms with Gasteiger partial charge in [0.15, 0.2) is 0 Å². The van der Waals surface area contributed by atoms with Crippen LogP contribution >= 0.6 is 0 Å². The van der Waals surface area contributed by atoms with Crippen LogP contribution < -0.4 is 10.6 Å². The van der Waals surface area contributed by atoms with E-state index in [4.69, 9.17) is 4.74 Å². The van der Waals surface area contributed by atoms with Crippen LogP contribution in [-0.4, -0.2) is 51.7 Å². The second-order valence-electron chi connectivity index (χ2n) is 5.85. The molecule has 0 saturated heterocycles. The molecule has 3 atom stereocenters. The van der Waals surface area contributed by atoms with Gasteiger partial charge in [-0.25, -0.2) is 4.39 Å². The lowest BCUT2D eigenvalue weighted by molar-refractivity contribution is -0.139. The second kappa shape index (κ2) is 7.69. The number of anilines is 2. The number of hydrogen-bond acceptors (Lipinski definition) is 6. The normalized spacial score (nSPS) is 21.3. The average molecular weight is 413 g/mol. The number of alkyl halides is 7. The first-order valence-electron chi connectivity index (χ1n) is 7.72. The SMILES string of the molecule is C[C@@H](Nc1nc(C#CC2(F)C=COC2)nc(N[C@H](C)C(F)(F)F)n1)C(F)(F)F. The fraction of sp³-hybridized carbons (Fsp3) is 0.533. The number of halogens is 7. The van der Waals surface area contributed by atoms with Crippen LogP contribution in [0.5, 0.6) is 0 Å². The first kappa shape index (κ1) is 21.5. The summed E-state index contributed by atoms with van der Waals surface area (Å²) in [6.45, 7) is 1.10. The summed E-state index contributed by atoms with van der Waals surface area (Å²) in [7, 11) is 0. The third-order valence-electron chi connectivity index (χ3n) is 3.41. The van der Waals surface area contributed by atoms with Crippen molar-refractivity contribution in [3.63, 3.8) is 0 Å². The van der Waals surface area contributed by atoms with Crippen LogP contribution in [0.3, 0.4) is 0 Å². The molecular weight excluding hydrogens is 399 g/mol. The van der Waals surface area contributed by atoms with E-state index in [2.05, 4.69) is 26.8 Å². The Labute approximate surface area is 154 Å². The summed E-state index contributed by atoms with van der Waals surface area (Å²) < 4.78 is 95.1. The summed E-state index contributed by atoms with van der Waals surface area (Å²) in [6.07, 6.45) is -7.27. The van der Waals surface area contributed by atoms with Crippen molar-refractivity contribution in [3.05, 3.63) is 18.2 Å².